The molecule has 1 amide bonds. The van der Waals surface area contributed by atoms with E-state index < -0.39 is 6.04 Å². The first kappa shape index (κ1) is 27.1. The SMILES string of the molecule is CCCCN(C(=O)COCc1ccccc1)C(C)c1nc2ccccc2c(=O)n1-c1ccc(OCC)cc1. The number of rotatable bonds is 12. The van der Waals surface area contributed by atoms with Crippen molar-refractivity contribution in [2.75, 3.05) is 19.8 Å². The van der Waals surface area contributed by atoms with Gasteiger partial charge >= 0.3 is 0 Å². The van der Waals surface area contributed by atoms with Crippen molar-refractivity contribution in [1.29, 1.82) is 0 Å². The van der Waals surface area contributed by atoms with Gasteiger partial charge in [0.2, 0.25) is 5.91 Å². The molecule has 198 valence electrons. The van der Waals surface area contributed by atoms with Crippen LogP contribution in [0.3, 0.4) is 0 Å². The number of hydrogen-bond donors (Lipinski definition) is 0. The van der Waals surface area contributed by atoms with Gasteiger partial charge in [-0.2, -0.15) is 0 Å². The number of para-hydroxylation sites is 1. The molecule has 1 aromatic heterocycles. The Morgan fingerprint density at radius 2 is 1.68 bits per heavy atom. The quantitative estimate of drug-likeness (QED) is 0.243. The zero-order valence-corrected chi connectivity index (χ0v) is 22.3. The molecule has 0 saturated carbocycles. The number of ether oxygens (including phenoxy) is 2. The highest BCUT2D eigenvalue weighted by Gasteiger charge is 2.26. The molecule has 0 saturated heterocycles. The highest BCUT2D eigenvalue weighted by molar-refractivity contribution is 5.79. The molecule has 4 rings (SSSR count). The number of carbonyl (C=O) groups is 1. The van der Waals surface area contributed by atoms with Crippen molar-refractivity contribution >= 4 is 16.8 Å². The number of hydrogen-bond acceptors (Lipinski definition) is 5. The third-order valence-electron chi connectivity index (χ3n) is 6.46. The first-order chi connectivity index (χ1) is 18.5. The van der Waals surface area contributed by atoms with Gasteiger partial charge in [-0.25, -0.2) is 4.98 Å². The van der Waals surface area contributed by atoms with Gasteiger partial charge in [0.25, 0.3) is 5.56 Å². The molecule has 0 radical (unpaired) electrons. The number of unbranched alkanes of at least 4 members (excludes halogenated alkanes) is 1. The summed E-state index contributed by atoms with van der Waals surface area (Å²) in [6.45, 7) is 7.33. The first-order valence-electron chi connectivity index (χ1n) is 13.2. The summed E-state index contributed by atoms with van der Waals surface area (Å²) < 4.78 is 13.0. The minimum atomic E-state index is -0.460. The Kier molecular flexibility index (Phi) is 9.27. The van der Waals surface area contributed by atoms with Crippen molar-refractivity contribution in [1.82, 2.24) is 14.5 Å². The molecule has 7 heteroatoms. The largest absolute Gasteiger partial charge is 0.494 e. The Morgan fingerprint density at radius 1 is 0.974 bits per heavy atom. The smallest absolute Gasteiger partial charge is 0.266 e. The standard InChI is InChI=1S/C31H35N3O4/c1-4-6-20-33(29(35)22-37-21-24-12-8-7-9-13-24)23(3)30-32-28-15-11-10-14-27(28)31(36)34(30)25-16-18-26(19-17-25)38-5-2/h7-19,23H,4-6,20-22H2,1-3H3. The second kappa shape index (κ2) is 13.0. The van der Waals surface area contributed by atoms with Gasteiger partial charge in [0.05, 0.1) is 35.8 Å². The van der Waals surface area contributed by atoms with E-state index in [4.69, 9.17) is 14.5 Å². The lowest BCUT2D eigenvalue weighted by molar-refractivity contribution is -0.139. The number of benzene rings is 3. The van der Waals surface area contributed by atoms with Crippen LogP contribution in [0.15, 0.2) is 83.7 Å². The molecule has 1 atom stereocenters. The molecule has 0 fully saturated rings. The van der Waals surface area contributed by atoms with Gasteiger partial charge in [-0.3, -0.25) is 14.2 Å². The molecule has 4 aromatic rings. The molecular formula is C31H35N3O4. The van der Waals surface area contributed by atoms with Crippen molar-refractivity contribution < 1.29 is 14.3 Å². The molecule has 0 bridgehead atoms. The van der Waals surface area contributed by atoms with Crippen molar-refractivity contribution in [2.24, 2.45) is 0 Å². The number of amides is 1. The zero-order valence-electron chi connectivity index (χ0n) is 22.3. The highest BCUT2D eigenvalue weighted by Crippen LogP contribution is 2.25. The van der Waals surface area contributed by atoms with Crippen LogP contribution in [0.1, 0.15) is 51.0 Å². The number of aromatic nitrogens is 2. The summed E-state index contributed by atoms with van der Waals surface area (Å²) in [6, 6.07) is 24.0. The lowest BCUT2D eigenvalue weighted by Gasteiger charge is -2.30. The van der Waals surface area contributed by atoms with Crippen LogP contribution in [0.5, 0.6) is 5.75 Å². The molecule has 38 heavy (non-hydrogen) atoms. The number of carbonyl (C=O) groups excluding carboxylic acids is 1. The summed E-state index contributed by atoms with van der Waals surface area (Å²) in [5, 5.41) is 0.523. The first-order valence-corrected chi connectivity index (χ1v) is 13.2. The van der Waals surface area contributed by atoms with Crippen LogP contribution in [0.25, 0.3) is 16.6 Å². The molecule has 0 N–H and O–H groups in total. The van der Waals surface area contributed by atoms with Crippen molar-refractivity contribution in [3.63, 3.8) is 0 Å². The lowest BCUT2D eigenvalue weighted by Crippen LogP contribution is -2.40. The summed E-state index contributed by atoms with van der Waals surface area (Å²) in [5.41, 5.74) is 2.10. The van der Waals surface area contributed by atoms with Crippen molar-refractivity contribution in [2.45, 2.75) is 46.3 Å². The van der Waals surface area contributed by atoms with E-state index in [0.717, 1.165) is 24.2 Å². The summed E-state index contributed by atoms with van der Waals surface area (Å²) in [5.74, 6) is 1.09. The molecule has 3 aromatic carbocycles. The van der Waals surface area contributed by atoms with Gasteiger partial charge in [-0.15, -0.1) is 0 Å². The third kappa shape index (κ3) is 6.29. The third-order valence-corrected chi connectivity index (χ3v) is 6.46. The molecule has 0 spiro atoms. The van der Waals surface area contributed by atoms with Crippen LogP contribution in [0.2, 0.25) is 0 Å². The number of fused-ring (bicyclic) bond motifs is 1. The molecule has 1 heterocycles. The normalized spacial score (nSPS) is 11.9. The maximum absolute atomic E-state index is 13.8. The monoisotopic (exact) mass is 513 g/mol. The van der Waals surface area contributed by atoms with E-state index in [2.05, 4.69) is 6.92 Å². The molecule has 0 aliphatic carbocycles. The Labute approximate surface area is 223 Å². The van der Waals surface area contributed by atoms with E-state index in [9.17, 15) is 9.59 Å². The molecule has 7 nitrogen and oxygen atoms in total. The van der Waals surface area contributed by atoms with Gasteiger partial charge in [0.1, 0.15) is 18.2 Å². The summed E-state index contributed by atoms with van der Waals surface area (Å²) >= 11 is 0. The summed E-state index contributed by atoms with van der Waals surface area (Å²) in [4.78, 5) is 33.9. The zero-order chi connectivity index (χ0) is 26.9. The topological polar surface area (TPSA) is 73.7 Å². The van der Waals surface area contributed by atoms with Crippen LogP contribution in [0.4, 0.5) is 0 Å². The van der Waals surface area contributed by atoms with Crippen LogP contribution in [0, 0.1) is 0 Å². The van der Waals surface area contributed by atoms with Crippen molar-refractivity contribution in [3.05, 3.63) is 101 Å². The molecule has 0 aliphatic heterocycles. The molecule has 0 aliphatic rings. The molecule has 1 unspecified atom stereocenters. The average molecular weight is 514 g/mol. The predicted octanol–water partition coefficient (Wildman–Crippen LogP) is 5.69. The summed E-state index contributed by atoms with van der Waals surface area (Å²) in [6.07, 6.45) is 1.76. The van der Waals surface area contributed by atoms with E-state index in [1.165, 1.54) is 0 Å². The molecular weight excluding hydrogens is 478 g/mol. The van der Waals surface area contributed by atoms with E-state index in [1.807, 2.05) is 86.6 Å². The Balaban J connectivity index is 1.70. The van der Waals surface area contributed by atoms with Gasteiger partial charge in [0.15, 0.2) is 0 Å². The van der Waals surface area contributed by atoms with Gasteiger partial charge in [-0.05, 0) is 62.2 Å². The fourth-order valence-corrected chi connectivity index (χ4v) is 4.45. The minimum absolute atomic E-state index is 0.0518. The Bertz CT molecular complexity index is 1400. The van der Waals surface area contributed by atoms with Crippen molar-refractivity contribution in [3.8, 4) is 11.4 Å². The van der Waals surface area contributed by atoms with Gasteiger partial charge < -0.3 is 14.4 Å². The Hall–Kier alpha value is -3.97. The lowest BCUT2D eigenvalue weighted by atomic mass is 10.1. The maximum Gasteiger partial charge on any atom is 0.266 e. The van der Waals surface area contributed by atoms with Gasteiger partial charge in [-0.1, -0.05) is 55.8 Å². The Morgan fingerprint density at radius 3 is 2.39 bits per heavy atom. The van der Waals surface area contributed by atoms with E-state index in [0.29, 0.717) is 42.2 Å². The highest BCUT2D eigenvalue weighted by atomic mass is 16.5. The second-order valence-electron chi connectivity index (χ2n) is 9.15. The van der Waals surface area contributed by atoms with Crippen LogP contribution in [-0.2, 0) is 16.1 Å². The summed E-state index contributed by atoms with van der Waals surface area (Å²) in [7, 11) is 0. The average Bonchev–Trinajstić information content (AvgIpc) is 2.94. The maximum atomic E-state index is 13.8. The second-order valence-corrected chi connectivity index (χ2v) is 9.15. The van der Waals surface area contributed by atoms with E-state index >= 15 is 0 Å². The van der Waals surface area contributed by atoms with Crippen LogP contribution < -0.4 is 10.3 Å². The fraction of sp³-hybridized carbons (Fsp3) is 0.323. The van der Waals surface area contributed by atoms with E-state index in [-0.39, 0.29) is 18.1 Å². The number of nitrogens with zero attached hydrogens (tertiary/aromatic N) is 3. The minimum Gasteiger partial charge on any atom is -0.494 e. The van der Waals surface area contributed by atoms with Crippen LogP contribution in [-0.4, -0.2) is 40.1 Å². The fourth-order valence-electron chi connectivity index (χ4n) is 4.45. The van der Waals surface area contributed by atoms with Gasteiger partial charge in [0, 0.05) is 6.54 Å². The van der Waals surface area contributed by atoms with E-state index in [1.54, 1.807) is 15.5 Å². The predicted molar refractivity (Wildman–Crippen MR) is 150 cm³/mol. The van der Waals surface area contributed by atoms with Crippen LogP contribution >= 0.6 is 0 Å².